The zero-order valence-corrected chi connectivity index (χ0v) is 21.5. The zero-order chi connectivity index (χ0) is 21.0. The molecule has 0 radical (unpaired) electrons. The van der Waals surface area contributed by atoms with Crippen LogP contribution in [0.1, 0.15) is 37.3 Å². The van der Waals surface area contributed by atoms with Gasteiger partial charge in [0.25, 0.3) is 0 Å². The van der Waals surface area contributed by atoms with Gasteiger partial charge in [-0.15, -0.1) is 24.0 Å². The van der Waals surface area contributed by atoms with Crippen molar-refractivity contribution in [2.24, 2.45) is 4.99 Å². The minimum Gasteiger partial charge on any atom is -0.497 e. The van der Waals surface area contributed by atoms with E-state index >= 15 is 0 Å². The first-order valence-corrected chi connectivity index (χ1v) is 11.4. The van der Waals surface area contributed by atoms with E-state index in [0.29, 0.717) is 6.04 Å². The number of nitrogens with one attached hydrogen (secondary N) is 2. The first-order chi connectivity index (χ1) is 14.8. The molecule has 31 heavy (non-hydrogen) atoms. The molecular formula is C23H40IN5O2. The molecule has 0 amide bonds. The Morgan fingerprint density at radius 3 is 2.61 bits per heavy atom. The Bertz CT molecular complexity index is 649. The molecule has 1 unspecified atom stereocenters. The van der Waals surface area contributed by atoms with E-state index in [1.165, 1.54) is 24.8 Å². The van der Waals surface area contributed by atoms with Gasteiger partial charge in [-0.25, -0.2) is 0 Å². The molecule has 8 heteroatoms. The maximum atomic E-state index is 5.45. The molecule has 1 aromatic rings. The molecule has 2 N–H and O–H groups in total. The van der Waals surface area contributed by atoms with E-state index in [1.807, 2.05) is 13.1 Å². The van der Waals surface area contributed by atoms with Crippen molar-refractivity contribution in [2.75, 3.05) is 73.2 Å². The summed E-state index contributed by atoms with van der Waals surface area (Å²) in [7, 11) is 3.58. The van der Waals surface area contributed by atoms with Gasteiger partial charge in [-0.2, -0.15) is 0 Å². The summed E-state index contributed by atoms with van der Waals surface area (Å²) in [6, 6.07) is 8.78. The third kappa shape index (κ3) is 8.75. The van der Waals surface area contributed by atoms with Crippen molar-refractivity contribution in [3.05, 3.63) is 29.8 Å². The van der Waals surface area contributed by atoms with Gasteiger partial charge in [0, 0.05) is 33.2 Å². The summed E-state index contributed by atoms with van der Waals surface area (Å²) in [5.74, 6) is 1.80. The van der Waals surface area contributed by atoms with Crippen molar-refractivity contribution < 1.29 is 9.47 Å². The molecule has 2 aliphatic rings. The van der Waals surface area contributed by atoms with Crippen LogP contribution in [0.3, 0.4) is 0 Å². The molecule has 0 aromatic heterocycles. The lowest BCUT2D eigenvalue weighted by Gasteiger charge is -2.29. The second-order valence-electron chi connectivity index (χ2n) is 8.08. The number of hydrogen-bond acceptors (Lipinski definition) is 5. The Labute approximate surface area is 205 Å². The van der Waals surface area contributed by atoms with Crippen molar-refractivity contribution in [1.82, 2.24) is 20.4 Å². The highest BCUT2D eigenvalue weighted by molar-refractivity contribution is 14.0. The number of benzene rings is 1. The molecule has 2 aliphatic heterocycles. The van der Waals surface area contributed by atoms with E-state index in [9.17, 15) is 0 Å². The smallest absolute Gasteiger partial charge is 0.191 e. The SMILES string of the molecule is CN=C(NCCCCN1CCOCC1)NCC(c1cccc(OC)c1)N1CCCC1.I. The van der Waals surface area contributed by atoms with Gasteiger partial charge in [-0.05, 0) is 63.0 Å². The Morgan fingerprint density at radius 2 is 1.90 bits per heavy atom. The summed E-state index contributed by atoms with van der Waals surface area (Å²) in [5, 5.41) is 7.03. The van der Waals surface area contributed by atoms with E-state index in [4.69, 9.17) is 9.47 Å². The molecule has 7 nitrogen and oxygen atoms in total. The van der Waals surface area contributed by atoms with Gasteiger partial charge in [0.05, 0.1) is 26.4 Å². The lowest BCUT2D eigenvalue weighted by molar-refractivity contribution is 0.0372. The maximum Gasteiger partial charge on any atom is 0.191 e. The Balaban J connectivity index is 0.00000341. The third-order valence-electron chi connectivity index (χ3n) is 6.04. The molecule has 0 saturated carbocycles. The van der Waals surface area contributed by atoms with Crippen LogP contribution >= 0.6 is 24.0 Å². The van der Waals surface area contributed by atoms with Crippen LogP contribution in [0.15, 0.2) is 29.3 Å². The normalized spacial score (nSPS) is 19.0. The molecule has 2 saturated heterocycles. The second kappa shape index (κ2) is 14.9. The number of aliphatic imine (C=N–C) groups is 1. The van der Waals surface area contributed by atoms with E-state index in [1.54, 1.807) is 7.11 Å². The van der Waals surface area contributed by atoms with Gasteiger partial charge >= 0.3 is 0 Å². The van der Waals surface area contributed by atoms with Crippen molar-refractivity contribution in [1.29, 1.82) is 0 Å². The zero-order valence-electron chi connectivity index (χ0n) is 19.1. The number of methoxy groups -OCH3 is 1. The quantitative estimate of drug-likeness (QED) is 0.204. The molecule has 176 valence electrons. The van der Waals surface area contributed by atoms with Crippen molar-refractivity contribution in [2.45, 2.75) is 31.7 Å². The van der Waals surface area contributed by atoms with Crippen LogP contribution in [0.25, 0.3) is 0 Å². The predicted octanol–water partition coefficient (Wildman–Crippen LogP) is 2.73. The van der Waals surface area contributed by atoms with E-state index in [2.05, 4.69) is 43.6 Å². The van der Waals surface area contributed by atoms with Crippen molar-refractivity contribution in [3.8, 4) is 5.75 Å². The molecule has 0 aliphatic carbocycles. The number of hydrogen-bond donors (Lipinski definition) is 2. The standard InChI is InChI=1S/C23H39N5O2.HI/c1-24-23(25-10-3-4-11-27-14-16-30-17-15-27)26-19-22(28-12-5-6-13-28)20-8-7-9-21(18-20)29-2;/h7-9,18,22H,3-6,10-17,19H2,1-2H3,(H2,24,25,26);1H. The summed E-state index contributed by atoms with van der Waals surface area (Å²) < 4.78 is 10.9. The molecule has 2 heterocycles. The van der Waals surface area contributed by atoms with Gasteiger partial charge in [-0.1, -0.05) is 12.1 Å². The molecule has 1 atom stereocenters. The number of morpholine rings is 1. The fourth-order valence-corrected chi connectivity index (χ4v) is 4.27. The molecule has 0 bridgehead atoms. The van der Waals surface area contributed by atoms with E-state index in [-0.39, 0.29) is 24.0 Å². The number of guanidine groups is 1. The molecule has 2 fully saturated rings. The van der Waals surface area contributed by atoms with Crippen LogP contribution in [0.4, 0.5) is 0 Å². The fourth-order valence-electron chi connectivity index (χ4n) is 4.27. The van der Waals surface area contributed by atoms with Crippen LogP contribution in [0.2, 0.25) is 0 Å². The topological polar surface area (TPSA) is 61.4 Å². The van der Waals surface area contributed by atoms with Crippen molar-refractivity contribution >= 4 is 29.9 Å². The van der Waals surface area contributed by atoms with Gasteiger partial charge in [0.2, 0.25) is 0 Å². The summed E-state index contributed by atoms with van der Waals surface area (Å²) >= 11 is 0. The van der Waals surface area contributed by atoms with Gasteiger partial charge in [0.15, 0.2) is 5.96 Å². The van der Waals surface area contributed by atoms with Crippen molar-refractivity contribution in [3.63, 3.8) is 0 Å². The highest BCUT2D eigenvalue weighted by Crippen LogP contribution is 2.27. The highest BCUT2D eigenvalue weighted by Gasteiger charge is 2.24. The lowest BCUT2D eigenvalue weighted by Crippen LogP contribution is -2.43. The van der Waals surface area contributed by atoms with Crippen LogP contribution in [-0.2, 0) is 4.74 Å². The highest BCUT2D eigenvalue weighted by atomic mass is 127. The summed E-state index contributed by atoms with van der Waals surface area (Å²) in [6.07, 6.45) is 4.89. The Hall–Kier alpha value is -1.10. The van der Waals surface area contributed by atoms with Crippen LogP contribution in [0.5, 0.6) is 5.75 Å². The predicted molar refractivity (Wildman–Crippen MR) is 138 cm³/mol. The number of nitrogens with zero attached hydrogens (tertiary/aromatic N) is 3. The van der Waals surface area contributed by atoms with Crippen LogP contribution in [0, 0.1) is 0 Å². The number of rotatable bonds is 10. The largest absolute Gasteiger partial charge is 0.497 e. The van der Waals surface area contributed by atoms with Crippen LogP contribution < -0.4 is 15.4 Å². The van der Waals surface area contributed by atoms with Gasteiger partial charge in [0.1, 0.15) is 5.75 Å². The van der Waals surface area contributed by atoms with Gasteiger partial charge < -0.3 is 20.1 Å². The summed E-state index contributed by atoms with van der Waals surface area (Å²) in [4.78, 5) is 9.48. The molecule has 0 spiro atoms. The third-order valence-corrected chi connectivity index (χ3v) is 6.04. The molecular weight excluding hydrogens is 505 g/mol. The summed E-state index contributed by atoms with van der Waals surface area (Å²) in [6.45, 7) is 9.12. The second-order valence-corrected chi connectivity index (χ2v) is 8.08. The number of unbranched alkanes of at least 4 members (excludes halogenated alkanes) is 1. The first-order valence-electron chi connectivity index (χ1n) is 11.4. The van der Waals surface area contributed by atoms with Gasteiger partial charge in [-0.3, -0.25) is 14.8 Å². The van der Waals surface area contributed by atoms with E-state index < -0.39 is 0 Å². The number of likely N-dealkylation sites (tertiary alicyclic amines) is 1. The average Bonchev–Trinajstić information content (AvgIpc) is 3.33. The Morgan fingerprint density at radius 1 is 1.13 bits per heavy atom. The van der Waals surface area contributed by atoms with E-state index in [0.717, 1.165) is 77.2 Å². The number of halogens is 1. The number of ether oxygens (including phenoxy) is 2. The molecule has 3 rings (SSSR count). The fraction of sp³-hybridized carbons (Fsp3) is 0.696. The Kier molecular flexibility index (Phi) is 12.5. The first kappa shape index (κ1) is 26.2. The minimum atomic E-state index is 0. The summed E-state index contributed by atoms with van der Waals surface area (Å²) in [5.41, 5.74) is 1.30. The lowest BCUT2D eigenvalue weighted by atomic mass is 10.1. The minimum absolute atomic E-state index is 0. The molecule has 1 aromatic carbocycles. The van der Waals surface area contributed by atoms with Crippen LogP contribution in [-0.4, -0.2) is 88.9 Å². The average molecular weight is 546 g/mol. The monoisotopic (exact) mass is 545 g/mol. The maximum absolute atomic E-state index is 5.45.